The Morgan fingerprint density at radius 2 is 1.79 bits per heavy atom. The van der Waals surface area contributed by atoms with E-state index in [1.54, 1.807) is 6.07 Å². The first-order valence-electron chi connectivity index (χ1n) is 7.01. The van der Waals surface area contributed by atoms with Gasteiger partial charge in [0, 0.05) is 29.7 Å². The summed E-state index contributed by atoms with van der Waals surface area (Å²) in [4.78, 5) is 2.54. The van der Waals surface area contributed by atoms with Gasteiger partial charge in [-0.3, -0.25) is 0 Å². The Morgan fingerprint density at radius 1 is 1.16 bits per heavy atom. The van der Waals surface area contributed by atoms with Gasteiger partial charge in [-0.2, -0.15) is 0 Å². The van der Waals surface area contributed by atoms with Crippen LogP contribution in [0.25, 0.3) is 0 Å². The van der Waals surface area contributed by atoms with Gasteiger partial charge in [0.1, 0.15) is 0 Å². The summed E-state index contributed by atoms with van der Waals surface area (Å²) in [6, 6.07) is 5.69. The van der Waals surface area contributed by atoms with Gasteiger partial charge >= 0.3 is 0 Å². The van der Waals surface area contributed by atoms with E-state index in [2.05, 4.69) is 17.1 Å². The van der Waals surface area contributed by atoms with Crippen LogP contribution in [0.5, 0.6) is 0 Å². The van der Waals surface area contributed by atoms with E-state index in [9.17, 15) is 0 Å². The van der Waals surface area contributed by atoms with Crippen LogP contribution >= 0.6 is 23.2 Å². The second kappa shape index (κ2) is 7.49. The Bertz CT molecular complexity index is 381. The van der Waals surface area contributed by atoms with Crippen LogP contribution in [0.2, 0.25) is 10.0 Å². The number of halogens is 2. The van der Waals surface area contributed by atoms with Crippen molar-refractivity contribution < 1.29 is 0 Å². The van der Waals surface area contributed by atoms with Crippen molar-refractivity contribution >= 4 is 23.2 Å². The zero-order valence-corrected chi connectivity index (χ0v) is 13.0. The summed E-state index contributed by atoms with van der Waals surface area (Å²) in [6.07, 6.45) is 2.67. The lowest BCUT2D eigenvalue weighted by Crippen LogP contribution is -2.37. The maximum Gasteiger partial charge on any atom is 0.0424 e. The molecule has 0 spiro atoms. The number of nitrogens with zero attached hydrogens (tertiary/aromatic N) is 1. The number of benzene rings is 1. The summed E-state index contributed by atoms with van der Waals surface area (Å²) in [5.74, 6) is 0.901. The molecule has 0 aromatic heterocycles. The van der Waals surface area contributed by atoms with Crippen LogP contribution in [-0.4, -0.2) is 31.1 Å². The van der Waals surface area contributed by atoms with E-state index in [0.717, 1.165) is 31.1 Å². The van der Waals surface area contributed by atoms with Crippen LogP contribution in [0.1, 0.15) is 25.3 Å². The summed E-state index contributed by atoms with van der Waals surface area (Å²) in [5, 5.41) is 4.86. The number of likely N-dealkylation sites (tertiary alicyclic amines) is 1. The quantitative estimate of drug-likeness (QED) is 0.832. The molecule has 1 aliphatic heterocycles. The third kappa shape index (κ3) is 5.31. The molecule has 106 valence electrons. The van der Waals surface area contributed by atoms with E-state index in [0.29, 0.717) is 10.0 Å². The molecule has 1 aliphatic rings. The van der Waals surface area contributed by atoms with Crippen molar-refractivity contribution in [2.75, 3.05) is 26.2 Å². The Morgan fingerprint density at radius 3 is 2.42 bits per heavy atom. The third-order valence-electron chi connectivity index (χ3n) is 3.73. The summed E-state index contributed by atoms with van der Waals surface area (Å²) in [7, 11) is 0. The summed E-state index contributed by atoms with van der Waals surface area (Å²) in [6.45, 7) is 7.79. The monoisotopic (exact) mass is 300 g/mol. The van der Waals surface area contributed by atoms with E-state index in [4.69, 9.17) is 23.2 Å². The molecule has 2 nitrogen and oxygen atoms in total. The van der Waals surface area contributed by atoms with Crippen molar-refractivity contribution in [2.45, 2.75) is 26.3 Å². The second-order valence-corrected chi connectivity index (χ2v) is 6.35. The number of hydrogen-bond acceptors (Lipinski definition) is 2. The molecule has 0 bridgehead atoms. The lowest BCUT2D eigenvalue weighted by Gasteiger charge is -2.30. The van der Waals surface area contributed by atoms with Crippen LogP contribution in [0.4, 0.5) is 0 Å². The van der Waals surface area contributed by atoms with Crippen molar-refractivity contribution in [3.8, 4) is 0 Å². The van der Waals surface area contributed by atoms with Crippen molar-refractivity contribution in [1.82, 2.24) is 10.2 Å². The summed E-state index contributed by atoms with van der Waals surface area (Å²) >= 11 is 12.0. The van der Waals surface area contributed by atoms with Crippen molar-refractivity contribution in [2.24, 2.45) is 5.92 Å². The molecule has 19 heavy (non-hydrogen) atoms. The minimum atomic E-state index is 0.703. The van der Waals surface area contributed by atoms with Crippen molar-refractivity contribution in [3.63, 3.8) is 0 Å². The Labute approximate surface area is 126 Å². The lowest BCUT2D eigenvalue weighted by atomic mass is 9.99. The van der Waals surface area contributed by atoms with Crippen molar-refractivity contribution in [1.29, 1.82) is 0 Å². The zero-order valence-electron chi connectivity index (χ0n) is 11.5. The molecule has 0 amide bonds. The highest BCUT2D eigenvalue weighted by atomic mass is 35.5. The average Bonchev–Trinajstić information content (AvgIpc) is 2.36. The molecule has 0 aliphatic carbocycles. The van der Waals surface area contributed by atoms with Gasteiger partial charge in [-0.05, 0) is 55.6 Å². The smallest absolute Gasteiger partial charge is 0.0424 e. The topological polar surface area (TPSA) is 15.3 Å². The van der Waals surface area contributed by atoms with E-state index >= 15 is 0 Å². The van der Waals surface area contributed by atoms with E-state index in [-0.39, 0.29) is 0 Å². The van der Waals surface area contributed by atoms with E-state index in [1.165, 1.54) is 25.9 Å². The fourth-order valence-corrected chi connectivity index (χ4v) is 3.04. The van der Waals surface area contributed by atoms with Gasteiger partial charge in [0.05, 0.1) is 0 Å². The second-order valence-electron chi connectivity index (χ2n) is 5.48. The third-order valence-corrected chi connectivity index (χ3v) is 4.17. The molecule has 0 radical (unpaired) electrons. The highest BCUT2D eigenvalue weighted by Gasteiger charge is 2.14. The Kier molecular flexibility index (Phi) is 5.96. The van der Waals surface area contributed by atoms with Gasteiger partial charge in [-0.1, -0.05) is 30.1 Å². The first-order valence-corrected chi connectivity index (χ1v) is 7.77. The van der Waals surface area contributed by atoms with Crippen LogP contribution in [0.15, 0.2) is 18.2 Å². The van der Waals surface area contributed by atoms with Crippen LogP contribution in [-0.2, 0) is 6.54 Å². The molecule has 1 heterocycles. The van der Waals surface area contributed by atoms with Gasteiger partial charge in [0.15, 0.2) is 0 Å². The molecule has 0 unspecified atom stereocenters. The first-order chi connectivity index (χ1) is 9.13. The number of rotatable bonds is 5. The highest BCUT2D eigenvalue weighted by Crippen LogP contribution is 2.19. The number of nitrogens with one attached hydrogen (secondary N) is 1. The van der Waals surface area contributed by atoms with Gasteiger partial charge < -0.3 is 10.2 Å². The predicted octanol–water partition coefficient (Wildman–Crippen LogP) is 3.81. The van der Waals surface area contributed by atoms with E-state index < -0.39 is 0 Å². The van der Waals surface area contributed by atoms with Gasteiger partial charge in [-0.15, -0.1) is 0 Å². The minimum Gasteiger partial charge on any atom is -0.311 e. The molecule has 0 atom stereocenters. The minimum absolute atomic E-state index is 0.703. The molecule has 4 heteroatoms. The number of hydrogen-bond donors (Lipinski definition) is 1. The Hall–Kier alpha value is -0.280. The maximum atomic E-state index is 5.98. The SMILES string of the molecule is CC1CCN(CCNCc2cc(Cl)cc(Cl)c2)CC1. The highest BCUT2D eigenvalue weighted by molar-refractivity contribution is 6.34. The zero-order chi connectivity index (χ0) is 13.7. The summed E-state index contributed by atoms with van der Waals surface area (Å²) < 4.78 is 0. The van der Waals surface area contributed by atoms with Crippen molar-refractivity contribution in [3.05, 3.63) is 33.8 Å². The van der Waals surface area contributed by atoms with Gasteiger partial charge in [0.25, 0.3) is 0 Å². The van der Waals surface area contributed by atoms with Crippen LogP contribution in [0, 0.1) is 5.92 Å². The van der Waals surface area contributed by atoms with Gasteiger partial charge in [-0.25, -0.2) is 0 Å². The summed E-state index contributed by atoms with van der Waals surface area (Å²) in [5.41, 5.74) is 1.14. The van der Waals surface area contributed by atoms with E-state index in [1.807, 2.05) is 12.1 Å². The molecule has 1 aromatic rings. The largest absolute Gasteiger partial charge is 0.311 e. The van der Waals surface area contributed by atoms with Crippen LogP contribution in [0.3, 0.4) is 0 Å². The molecule has 1 aromatic carbocycles. The predicted molar refractivity (Wildman–Crippen MR) is 83.0 cm³/mol. The molecular weight excluding hydrogens is 279 g/mol. The van der Waals surface area contributed by atoms with Crippen LogP contribution < -0.4 is 5.32 Å². The molecule has 1 fully saturated rings. The maximum absolute atomic E-state index is 5.98. The molecule has 1 N–H and O–H groups in total. The number of piperidine rings is 1. The molecular formula is C15H22Cl2N2. The van der Waals surface area contributed by atoms with Gasteiger partial charge in [0.2, 0.25) is 0 Å². The molecule has 2 rings (SSSR count). The standard InChI is InChI=1S/C15H22Cl2N2/c1-12-2-5-19(6-3-12)7-4-18-11-13-8-14(16)10-15(17)9-13/h8-10,12,18H,2-7,11H2,1H3. The fourth-order valence-electron chi connectivity index (χ4n) is 2.47. The Balaban J connectivity index is 1.66. The molecule has 0 saturated carbocycles. The average molecular weight is 301 g/mol. The normalized spacial score (nSPS) is 17.8. The molecule has 1 saturated heterocycles. The lowest BCUT2D eigenvalue weighted by molar-refractivity contribution is 0.193. The first kappa shape index (κ1) is 15.1. The fraction of sp³-hybridized carbons (Fsp3) is 0.600.